The number of rotatable bonds is 7. The molecule has 31 heavy (non-hydrogen) atoms. The first-order chi connectivity index (χ1) is 14.7. The lowest BCUT2D eigenvalue weighted by molar-refractivity contribution is 0.0939. The molecule has 0 aromatic heterocycles. The quantitative estimate of drug-likeness (QED) is 0.586. The van der Waals surface area contributed by atoms with Crippen LogP contribution in [0.4, 0.5) is 5.69 Å². The Labute approximate surface area is 182 Å². The van der Waals surface area contributed by atoms with Crippen LogP contribution in [0, 0.1) is 0 Å². The van der Waals surface area contributed by atoms with E-state index in [0.29, 0.717) is 22.4 Å². The summed E-state index contributed by atoms with van der Waals surface area (Å²) in [6.07, 6.45) is 1.17. The van der Waals surface area contributed by atoms with E-state index < -0.39 is 9.84 Å². The van der Waals surface area contributed by atoms with Crippen LogP contribution >= 0.6 is 0 Å². The van der Waals surface area contributed by atoms with Crippen LogP contribution in [0.1, 0.15) is 44.8 Å². The van der Waals surface area contributed by atoms with Crippen molar-refractivity contribution < 1.29 is 18.0 Å². The Balaban J connectivity index is 1.65. The number of benzene rings is 3. The fourth-order valence-corrected chi connectivity index (χ4v) is 3.89. The predicted octanol–water partition coefficient (Wildman–Crippen LogP) is 3.97. The van der Waals surface area contributed by atoms with E-state index >= 15 is 0 Å². The van der Waals surface area contributed by atoms with E-state index in [1.807, 2.05) is 31.2 Å². The van der Waals surface area contributed by atoms with Crippen molar-refractivity contribution in [3.05, 3.63) is 101 Å². The van der Waals surface area contributed by atoms with Crippen LogP contribution in [0.25, 0.3) is 0 Å². The van der Waals surface area contributed by atoms with E-state index in [9.17, 15) is 18.0 Å². The third-order valence-electron chi connectivity index (χ3n) is 4.67. The number of anilines is 1. The average Bonchev–Trinajstić information content (AvgIpc) is 2.74. The van der Waals surface area contributed by atoms with Crippen molar-refractivity contribution in [2.45, 2.75) is 18.7 Å². The van der Waals surface area contributed by atoms with Gasteiger partial charge in [0.15, 0.2) is 9.84 Å². The molecule has 0 heterocycles. The maximum absolute atomic E-state index is 12.6. The Bertz CT molecular complexity index is 1170. The first kappa shape index (κ1) is 22.2. The van der Waals surface area contributed by atoms with Crippen LogP contribution in [0.2, 0.25) is 0 Å². The van der Waals surface area contributed by atoms with Crippen LogP contribution in [0.5, 0.6) is 0 Å². The van der Waals surface area contributed by atoms with Crippen LogP contribution in [0.3, 0.4) is 0 Å². The molecule has 0 radical (unpaired) electrons. The second-order valence-corrected chi connectivity index (χ2v) is 9.55. The molecule has 0 spiro atoms. The van der Waals surface area contributed by atoms with Crippen LogP contribution in [0.15, 0.2) is 78.9 Å². The molecule has 0 aliphatic rings. The van der Waals surface area contributed by atoms with Gasteiger partial charge < -0.3 is 10.6 Å². The van der Waals surface area contributed by atoms with Gasteiger partial charge in [-0.3, -0.25) is 9.59 Å². The number of carbonyl (C=O) groups excluding carboxylic acids is 2. The highest BCUT2D eigenvalue weighted by Gasteiger charge is 2.13. The Morgan fingerprint density at radius 1 is 0.839 bits per heavy atom. The second-order valence-electron chi connectivity index (χ2n) is 7.41. The van der Waals surface area contributed by atoms with Crippen LogP contribution in [-0.4, -0.2) is 26.5 Å². The number of nitrogens with one attached hydrogen (secondary N) is 2. The molecular weight excluding hydrogens is 412 g/mol. The maximum atomic E-state index is 12.6. The van der Waals surface area contributed by atoms with Crippen molar-refractivity contribution >= 4 is 27.3 Å². The van der Waals surface area contributed by atoms with E-state index in [1.54, 1.807) is 54.6 Å². The first-order valence-corrected chi connectivity index (χ1v) is 11.8. The molecule has 0 fully saturated rings. The summed E-state index contributed by atoms with van der Waals surface area (Å²) in [7, 11) is -3.13. The van der Waals surface area contributed by atoms with Gasteiger partial charge in [0.25, 0.3) is 11.8 Å². The highest BCUT2D eigenvalue weighted by Crippen LogP contribution is 2.19. The minimum atomic E-state index is -3.13. The van der Waals surface area contributed by atoms with Gasteiger partial charge in [0.2, 0.25) is 0 Å². The summed E-state index contributed by atoms with van der Waals surface area (Å²) in [4.78, 5) is 24.9. The first-order valence-electron chi connectivity index (χ1n) is 9.75. The number of hydrogen-bond donors (Lipinski definition) is 2. The normalized spacial score (nSPS) is 12.1. The Hall–Kier alpha value is -3.45. The molecule has 3 rings (SSSR count). The largest absolute Gasteiger partial charge is 0.346 e. The zero-order valence-corrected chi connectivity index (χ0v) is 18.1. The Morgan fingerprint density at radius 2 is 1.48 bits per heavy atom. The number of amides is 2. The Morgan fingerprint density at radius 3 is 2.13 bits per heavy atom. The zero-order valence-electron chi connectivity index (χ0n) is 17.3. The highest BCUT2D eigenvalue weighted by atomic mass is 32.2. The van der Waals surface area contributed by atoms with Crippen molar-refractivity contribution in [2.24, 2.45) is 0 Å². The summed E-state index contributed by atoms with van der Waals surface area (Å²) in [6.45, 7) is 1.86. The Kier molecular flexibility index (Phi) is 6.87. The molecule has 3 aromatic rings. The van der Waals surface area contributed by atoms with E-state index in [-0.39, 0.29) is 23.6 Å². The van der Waals surface area contributed by atoms with Gasteiger partial charge in [0, 0.05) is 23.1 Å². The third-order valence-corrected chi connectivity index (χ3v) is 5.53. The van der Waals surface area contributed by atoms with Gasteiger partial charge in [-0.15, -0.1) is 0 Å². The zero-order chi connectivity index (χ0) is 22.4. The van der Waals surface area contributed by atoms with Gasteiger partial charge in [0.05, 0.1) is 11.8 Å². The van der Waals surface area contributed by atoms with Gasteiger partial charge in [-0.25, -0.2) is 8.42 Å². The summed E-state index contributed by atoms with van der Waals surface area (Å²) < 4.78 is 22.8. The molecule has 1 atom stereocenters. The molecule has 1 unspecified atom stereocenters. The van der Waals surface area contributed by atoms with Gasteiger partial charge in [0.1, 0.15) is 0 Å². The molecule has 0 aliphatic carbocycles. The van der Waals surface area contributed by atoms with Gasteiger partial charge in [-0.05, 0) is 54.4 Å². The molecule has 7 heteroatoms. The van der Waals surface area contributed by atoms with Crippen LogP contribution in [-0.2, 0) is 15.6 Å². The van der Waals surface area contributed by atoms with Crippen molar-refractivity contribution in [1.82, 2.24) is 5.32 Å². The van der Waals surface area contributed by atoms with E-state index in [2.05, 4.69) is 10.6 Å². The lowest BCUT2D eigenvalue weighted by atomic mass is 10.1. The predicted molar refractivity (Wildman–Crippen MR) is 122 cm³/mol. The third kappa shape index (κ3) is 6.52. The minimum absolute atomic E-state index is 0.0627. The van der Waals surface area contributed by atoms with E-state index in [0.717, 1.165) is 5.56 Å². The fourth-order valence-electron chi connectivity index (χ4n) is 3.10. The summed E-state index contributed by atoms with van der Waals surface area (Å²) in [5, 5.41) is 5.79. The molecule has 2 amide bonds. The van der Waals surface area contributed by atoms with Crippen molar-refractivity contribution in [3.8, 4) is 0 Å². The summed E-state index contributed by atoms with van der Waals surface area (Å²) >= 11 is 0. The molecule has 160 valence electrons. The molecule has 2 N–H and O–H groups in total. The molecule has 0 bridgehead atoms. The van der Waals surface area contributed by atoms with E-state index in [4.69, 9.17) is 0 Å². The van der Waals surface area contributed by atoms with Gasteiger partial charge in [-0.2, -0.15) is 0 Å². The standard InChI is InChI=1S/C24H24N2O4S/c1-17(25-23(27)20-13-11-18(12-14-20)16-31(2,29)30)21-9-6-10-22(15-21)26-24(28)19-7-4-3-5-8-19/h3-15,17H,16H2,1-2H3,(H,25,27)(H,26,28). The monoisotopic (exact) mass is 436 g/mol. The summed E-state index contributed by atoms with van der Waals surface area (Å²) in [5.74, 6) is -0.534. The molecular formula is C24H24N2O4S. The summed E-state index contributed by atoms with van der Waals surface area (Å²) in [6, 6.07) is 22.4. The smallest absolute Gasteiger partial charge is 0.255 e. The fraction of sp³-hybridized carbons (Fsp3) is 0.167. The molecule has 6 nitrogen and oxygen atoms in total. The van der Waals surface area contributed by atoms with Gasteiger partial charge in [-0.1, -0.05) is 42.5 Å². The van der Waals surface area contributed by atoms with Crippen molar-refractivity contribution in [2.75, 3.05) is 11.6 Å². The minimum Gasteiger partial charge on any atom is -0.346 e. The van der Waals surface area contributed by atoms with Gasteiger partial charge >= 0.3 is 0 Å². The molecule has 0 saturated carbocycles. The lowest BCUT2D eigenvalue weighted by Crippen LogP contribution is -2.26. The van der Waals surface area contributed by atoms with Crippen LogP contribution < -0.4 is 10.6 Å². The summed E-state index contributed by atoms with van der Waals surface area (Å²) in [5.41, 5.74) is 3.12. The lowest BCUT2D eigenvalue weighted by Gasteiger charge is -2.16. The maximum Gasteiger partial charge on any atom is 0.255 e. The average molecular weight is 437 g/mol. The molecule has 3 aromatic carbocycles. The topological polar surface area (TPSA) is 92.3 Å². The number of sulfone groups is 1. The number of hydrogen-bond acceptors (Lipinski definition) is 4. The SMILES string of the molecule is CC(NC(=O)c1ccc(CS(C)(=O)=O)cc1)c1cccc(NC(=O)c2ccccc2)c1. The molecule has 0 saturated heterocycles. The van der Waals surface area contributed by atoms with Crippen molar-refractivity contribution in [3.63, 3.8) is 0 Å². The highest BCUT2D eigenvalue weighted by molar-refractivity contribution is 7.89. The van der Waals surface area contributed by atoms with E-state index in [1.165, 1.54) is 6.26 Å². The number of carbonyl (C=O) groups is 2. The molecule has 0 aliphatic heterocycles. The second kappa shape index (κ2) is 9.57. The van der Waals surface area contributed by atoms with Crippen molar-refractivity contribution in [1.29, 1.82) is 0 Å².